The van der Waals surface area contributed by atoms with Gasteiger partial charge in [0.15, 0.2) is 5.69 Å². The van der Waals surface area contributed by atoms with Crippen molar-refractivity contribution >= 4 is 27.9 Å². The monoisotopic (exact) mass is 424 g/mol. The second-order valence-corrected chi connectivity index (χ2v) is 7.84. The standard InChI is InChI=1S/C20H16N4O5S/c1-11-16(10-28-13-7-5-12(6-8-13)24(26)27)18(23-29-11)19(25)22-20-15(9-21)14-3-2-4-17(14)30-20/h5-8H,2-4,10H2,1H3,(H,22,25). The van der Waals surface area contributed by atoms with Crippen LogP contribution in [0.2, 0.25) is 0 Å². The number of aryl methyl sites for hydroxylation is 2. The molecule has 0 radical (unpaired) electrons. The first kappa shape index (κ1) is 19.6. The average molecular weight is 424 g/mol. The summed E-state index contributed by atoms with van der Waals surface area (Å²) in [7, 11) is 0. The summed E-state index contributed by atoms with van der Waals surface area (Å²) >= 11 is 1.42. The lowest BCUT2D eigenvalue weighted by Gasteiger charge is -2.07. The van der Waals surface area contributed by atoms with Gasteiger partial charge in [-0.05, 0) is 43.9 Å². The Bertz CT molecular complexity index is 1170. The fourth-order valence-electron chi connectivity index (χ4n) is 3.33. The van der Waals surface area contributed by atoms with Gasteiger partial charge in [-0.1, -0.05) is 5.16 Å². The van der Waals surface area contributed by atoms with E-state index in [1.54, 1.807) is 6.92 Å². The molecule has 10 heteroatoms. The third-order valence-electron chi connectivity index (χ3n) is 4.89. The van der Waals surface area contributed by atoms with E-state index in [0.717, 1.165) is 29.7 Å². The fourth-order valence-corrected chi connectivity index (χ4v) is 4.57. The second kappa shape index (κ2) is 7.96. The van der Waals surface area contributed by atoms with Crippen LogP contribution in [-0.4, -0.2) is 16.0 Å². The largest absolute Gasteiger partial charge is 0.489 e. The minimum absolute atomic E-state index is 0.00193. The number of non-ortho nitro benzene ring substituents is 1. The van der Waals surface area contributed by atoms with Gasteiger partial charge >= 0.3 is 0 Å². The molecule has 3 aromatic rings. The van der Waals surface area contributed by atoms with Gasteiger partial charge in [0.1, 0.15) is 29.2 Å². The molecular formula is C20H16N4O5S. The molecule has 1 aliphatic carbocycles. The molecule has 2 heterocycles. The molecule has 0 aliphatic heterocycles. The number of carbonyl (C=O) groups excluding carboxylic acids is 1. The number of hydrogen-bond donors (Lipinski definition) is 1. The van der Waals surface area contributed by atoms with Crippen molar-refractivity contribution in [3.8, 4) is 11.8 Å². The number of thiophene rings is 1. The first-order valence-electron chi connectivity index (χ1n) is 9.16. The van der Waals surface area contributed by atoms with E-state index >= 15 is 0 Å². The summed E-state index contributed by atoms with van der Waals surface area (Å²) in [5.74, 6) is 0.357. The lowest BCUT2D eigenvalue weighted by Crippen LogP contribution is -2.15. The van der Waals surface area contributed by atoms with E-state index in [4.69, 9.17) is 9.26 Å². The number of nitrogens with zero attached hydrogens (tertiary/aromatic N) is 3. The Morgan fingerprint density at radius 3 is 2.87 bits per heavy atom. The number of nitro groups is 1. The number of benzene rings is 1. The predicted molar refractivity (Wildman–Crippen MR) is 108 cm³/mol. The molecule has 1 aromatic carbocycles. The maximum atomic E-state index is 12.8. The number of aromatic nitrogens is 1. The van der Waals surface area contributed by atoms with Gasteiger partial charge in [0.2, 0.25) is 0 Å². The molecule has 0 bridgehead atoms. The highest BCUT2D eigenvalue weighted by Crippen LogP contribution is 2.38. The molecule has 4 rings (SSSR count). The lowest BCUT2D eigenvalue weighted by molar-refractivity contribution is -0.384. The number of amides is 1. The number of carbonyl (C=O) groups is 1. The summed E-state index contributed by atoms with van der Waals surface area (Å²) in [5, 5.41) is 27.4. The molecule has 0 fully saturated rings. The SMILES string of the molecule is Cc1onc(C(=O)Nc2sc3c(c2C#N)CCC3)c1COc1ccc([N+](=O)[O-])cc1. The number of nitro benzene ring substituents is 1. The number of ether oxygens (including phenoxy) is 1. The van der Waals surface area contributed by atoms with E-state index in [9.17, 15) is 20.2 Å². The highest BCUT2D eigenvalue weighted by molar-refractivity contribution is 7.16. The van der Waals surface area contributed by atoms with Crippen molar-refractivity contribution < 1.29 is 19.0 Å². The fraction of sp³-hybridized carbons (Fsp3) is 0.250. The van der Waals surface area contributed by atoms with E-state index in [1.807, 2.05) is 0 Å². The van der Waals surface area contributed by atoms with E-state index in [1.165, 1.54) is 35.6 Å². The number of fused-ring (bicyclic) bond motifs is 1. The molecule has 0 unspecified atom stereocenters. The van der Waals surface area contributed by atoms with Gasteiger partial charge < -0.3 is 14.6 Å². The van der Waals surface area contributed by atoms with Crippen LogP contribution in [0.4, 0.5) is 10.7 Å². The Morgan fingerprint density at radius 2 is 2.17 bits per heavy atom. The second-order valence-electron chi connectivity index (χ2n) is 6.73. The third kappa shape index (κ3) is 3.62. The zero-order valence-electron chi connectivity index (χ0n) is 15.9. The van der Waals surface area contributed by atoms with Crippen molar-refractivity contribution in [3.05, 3.63) is 67.4 Å². The number of hydrogen-bond acceptors (Lipinski definition) is 8. The van der Waals surface area contributed by atoms with Crippen molar-refractivity contribution in [1.29, 1.82) is 5.26 Å². The number of nitriles is 1. The molecule has 2 aromatic heterocycles. The molecule has 1 amide bonds. The molecule has 0 spiro atoms. The highest BCUT2D eigenvalue weighted by atomic mass is 32.1. The summed E-state index contributed by atoms with van der Waals surface area (Å²) in [5.41, 5.74) is 2.04. The molecule has 9 nitrogen and oxygen atoms in total. The predicted octanol–water partition coefficient (Wildman–Crippen LogP) is 4.14. The van der Waals surface area contributed by atoms with Crippen molar-refractivity contribution in [2.75, 3.05) is 5.32 Å². The average Bonchev–Trinajstić information content (AvgIpc) is 3.41. The van der Waals surface area contributed by atoms with Crippen LogP contribution in [0.25, 0.3) is 0 Å². The Kier molecular flexibility index (Phi) is 5.20. The molecule has 152 valence electrons. The summed E-state index contributed by atoms with van der Waals surface area (Å²) < 4.78 is 10.8. The normalized spacial score (nSPS) is 12.3. The number of nitrogens with one attached hydrogen (secondary N) is 1. The first-order valence-corrected chi connectivity index (χ1v) is 9.98. The molecule has 0 saturated heterocycles. The van der Waals surface area contributed by atoms with Gasteiger partial charge in [0.25, 0.3) is 11.6 Å². The van der Waals surface area contributed by atoms with Crippen LogP contribution in [0, 0.1) is 28.4 Å². The number of anilines is 1. The van der Waals surface area contributed by atoms with Crippen LogP contribution < -0.4 is 10.1 Å². The van der Waals surface area contributed by atoms with Crippen molar-refractivity contribution in [3.63, 3.8) is 0 Å². The van der Waals surface area contributed by atoms with Gasteiger partial charge in [-0.2, -0.15) is 5.26 Å². The molecule has 1 N–H and O–H groups in total. The Labute approximate surface area is 175 Å². The lowest BCUT2D eigenvalue weighted by atomic mass is 10.1. The Hall–Kier alpha value is -3.71. The Morgan fingerprint density at radius 1 is 1.40 bits per heavy atom. The van der Waals surface area contributed by atoms with Gasteiger partial charge in [-0.3, -0.25) is 14.9 Å². The van der Waals surface area contributed by atoms with Crippen molar-refractivity contribution in [2.45, 2.75) is 32.8 Å². The maximum absolute atomic E-state index is 12.8. The smallest absolute Gasteiger partial charge is 0.278 e. The van der Waals surface area contributed by atoms with E-state index in [2.05, 4.69) is 16.5 Å². The summed E-state index contributed by atoms with van der Waals surface area (Å²) in [4.78, 5) is 24.2. The van der Waals surface area contributed by atoms with Crippen molar-refractivity contribution in [1.82, 2.24) is 5.16 Å². The third-order valence-corrected chi connectivity index (χ3v) is 6.10. The molecule has 0 atom stereocenters. The van der Waals surface area contributed by atoms with E-state index in [0.29, 0.717) is 27.6 Å². The zero-order chi connectivity index (χ0) is 21.3. The van der Waals surface area contributed by atoms with Crippen molar-refractivity contribution in [2.24, 2.45) is 0 Å². The summed E-state index contributed by atoms with van der Waals surface area (Å²) in [6.07, 6.45) is 2.79. The topological polar surface area (TPSA) is 131 Å². The molecule has 0 saturated carbocycles. The Balaban J connectivity index is 1.50. The van der Waals surface area contributed by atoms with Gasteiger partial charge in [-0.15, -0.1) is 11.3 Å². The van der Waals surface area contributed by atoms with Crippen LogP contribution >= 0.6 is 11.3 Å². The number of rotatable bonds is 6. The first-order chi connectivity index (χ1) is 14.5. The summed E-state index contributed by atoms with van der Waals surface area (Å²) in [6.45, 7) is 1.67. The van der Waals surface area contributed by atoms with Crippen LogP contribution in [-0.2, 0) is 19.4 Å². The van der Waals surface area contributed by atoms with Crippen LogP contribution in [0.5, 0.6) is 5.75 Å². The van der Waals surface area contributed by atoms with Crippen LogP contribution in [0.3, 0.4) is 0 Å². The van der Waals surface area contributed by atoms with Gasteiger partial charge in [0, 0.05) is 17.0 Å². The minimum atomic E-state index is -0.494. The maximum Gasteiger partial charge on any atom is 0.278 e. The van der Waals surface area contributed by atoms with Gasteiger partial charge in [0.05, 0.1) is 16.1 Å². The van der Waals surface area contributed by atoms with E-state index in [-0.39, 0.29) is 18.0 Å². The summed E-state index contributed by atoms with van der Waals surface area (Å²) in [6, 6.07) is 7.82. The quantitative estimate of drug-likeness (QED) is 0.464. The molecule has 30 heavy (non-hydrogen) atoms. The molecular weight excluding hydrogens is 408 g/mol. The van der Waals surface area contributed by atoms with Crippen LogP contribution in [0.1, 0.15) is 44.2 Å². The minimum Gasteiger partial charge on any atom is -0.489 e. The zero-order valence-corrected chi connectivity index (χ0v) is 16.7. The van der Waals surface area contributed by atoms with E-state index < -0.39 is 10.8 Å². The van der Waals surface area contributed by atoms with Gasteiger partial charge in [-0.25, -0.2) is 0 Å². The van der Waals surface area contributed by atoms with Crippen LogP contribution in [0.15, 0.2) is 28.8 Å². The molecule has 1 aliphatic rings. The highest BCUT2D eigenvalue weighted by Gasteiger charge is 2.26.